The first-order valence-corrected chi connectivity index (χ1v) is 7.43. The van der Waals surface area contributed by atoms with Gasteiger partial charge in [0.1, 0.15) is 0 Å². The minimum atomic E-state index is -0.422. The van der Waals surface area contributed by atoms with Crippen LogP contribution in [0.15, 0.2) is 24.3 Å². The second-order valence-corrected chi connectivity index (χ2v) is 5.52. The minimum absolute atomic E-state index is 0.0468. The Morgan fingerprint density at radius 3 is 3.00 bits per heavy atom. The second-order valence-electron chi connectivity index (χ2n) is 5.52. The smallest absolute Gasteiger partial charge is 0.239 e. The van der Waals surface area contributed by atoms with Crippen LogP contribution in [0.2, 0.25) is 0 Å². The van der Waals surface area contributed by atoms with Crippen LogP contribution in [0.3, 0.4) is 0 Å². The number of amides is 1. The van der Waals surface area contributed by atoms with Crippen LogP contribution in [-0.4, -0.2) is 30.1 Å². The van der Waals surface area contributed by atoms with Crippen LogP contribution in [0.4, 0.5) is 5.69 Å². The third-order valence-corrected chi connectivity index (χ3v) is 3.90. The van der Waals surface area contributed by atoms with Gasteiger partial charge < -0.3 is 15.3 Å². The molecule has 0 fully saturated rings. The Kier molecular flexibility index (Phi) is 5.01. The highest BCUT2D eigenvalue weighted by Gasteiger charge is 2.22. The number of nitrogens with zero attached hydrogens (tertiary/aromatic N) is 1. The van der Waals surface area contributed by atoms with Crippen molar-refractivity contribution in [2.45, 2.75) is 45.3 Å². The van der Waals surface area contributed by atoms with E-state index < -0.39 is 6.10 Å². The number of carbonyl (C=O) groups is 1. The standard InChI is InChI=1S/C16H24N2O2/c1-3-12(2)17-16(20)11-18-10-6-9-15(19)13-7-4-5-8-14(13)18/h4-5,7-8,12,15,19H,3,6,9-11H2,1-2H3,(H,17,20). The Morgan fingerprint density at radius 1 is 1.50 bits per heavy atom. The van der Waals surface area contributed by atoms with E-state index in [2.05, 4.69) is 17.1 Å². The predicted octanol–water partition coefficient (Wildman–Crippen LogP) is 2.23. The van der Waals surface area contributed by atoms with Crippen molar-refractivity contribution in [3.8, 4) is 0 Å². The van der Waals surface area contributed by atoms with Crippen molar-refractivity contribution < 1.29 is 9.90 Å². The summed E-state index contributed by atoms with van der Waals surface area (Å²) in [6.07, 6.45) is 2.15. The highest BCUT2D eigenvalue weighted by molar-refractivity contribution is 5.82. The molecule has 1 aliphatic rings. The maximum absolute atomic E-state index is 12.1. The fraction of sp³-hybridized carbons (Fsp3) is 0.562. The van der Waals surface area contributed by atoms with Crippen LogP contribution in [-0.2, 0) is 4.79 Å². The van der Waals surface area contributed by atoms with Crippen molar-refractivity contribution in [1.82, 2.24) is 5.32 Å². The van der Waals surface area contributed by atoms with E-state index in [1.807, 2.05) is 31.2 Å². The van der Waals surface area contributed by atoms with Crippen molar-refractivity contribution in [1.29, 1.82) is 0 Å². The average Bonchev–Trinajstić information content (AvgIpc) is 2.59. The lowest BCUT2D eigenvalue weighted by molar-refractivity contribution is -0.120. The fourth-order valence-corrected chi connectivity index (χ4v) is 2.57. The molecule has 20 heavy (non-hydrogen) atoms. The number of para-hydroxylation sites is 1. The predicted molar refractivity (Wildman–Crippen MR) is 80.7 cm³/mol. The van der Waals surface area contributed by atoms with Gasteiger partial charge in [0.15, 0.2) is 0 Å². The molecule has 2 atom stereocenters. The summed E-state index contributed by atoms with van der Waals surface area (Å²) in [6, 6.07) is 8.03. The Bertz CT molecular complexity index is 462. The summed E-state index contributed by atoms with van der Waals surface area (Å²) in [7, 11) is 0. The molecule has 4 heteroatoms. The molecule has 1 aliphatic heterocycles. The van der Waals surface area contributed by atoms with Gasteiger partial charge in [0.25, 0.3) is 0 Å². The van der Waals surface area contributed by atoms with Crippen molar-refractivity contribution in [3.05, 3.63) is 29.8 Å². The topological polar surface area (TPSA) is 52.6 Å². The zero-order valence-corrected chi connectivity index (χ0v) is 12.3. The lowest BCUT2D eigenvalue weighted by Gasteiger charge is -2.25. The number of hydrogen-bond acceptors (Lipinski definition) is 3. The van der Waals surface area contributed by atoms with Crippen molar-refractivity contribution in [2.75, 3.05) is 18.0 Å². The molecular weight excluding hydrogens is 252 g/mol. The molecule has 4 nitrogen and oxygen atoms in total. The van der Waals surface area contributed by atoms with E-state index in [4.69, 9.17) is 0 Å². The van der Waals surface area contributed by atoms with Crippen molar-refractivity contribution in [3.63, 3.8) is 0 Å². The van der Waals surface area contributed by atoms with Crippen molar-refractivity contribution in [2.24, 2.45) is 0 Å². The first kappa shape index (κ1) is 14.9. The van der Waals surface area contributed by atoms with E-state index >= 15 is 0 Å². The van der Waals surface area contributed by atoms with Gasteiger partial charge in [-0.1, -0.05) is 25.1 Å². The number of aliphatic hydroxyl groups excluding tert-OH is 1. The molecule has 2 rings (SSSR count). The molecule has 0 aromatic heterocycles. The van der Waals surface area contributed by atoms with Crippen LogP contribution < -0.4 is 10.2 Å². The maximum Gasteiger partial charge on any atom is 0.239 e. The van der Waals surface area contributed by atoms with Crippen LogP contribution in [0.1, 0.15) is 44.8 Å². The molecule has 0 aliphatic carbocycles. The molecular formula is C16H24N2O2. The van der Waals surface area contributed by atoms with E-state index in [0.29, 0.717) is 6.54 Å². The molecule has 1 amide bonds. The summed E-state index contributed by atoms with van der Waals surface area (Å²) in [5, 5.41) is 13.1. The van der Waals surface area contributed by atoms with Gasteiger partial charge in [-0.25, -0.2) is 0 Å². The van der Waals surface area contributed by atoms with Gasteiger partial charge in [0, 0.05) is 23.8 Å². The molecule has 2 N–H and O–H groups in total. The van der Waals surface area contributed by atoms with Gasteiger partial charge in [0.2, 0.25) is 5.91 Å². The van der Waals surface area contributed by atoms with Crippen LogP contribution in [0.5, 0.6) is 0 Å². The number of anilines is 1. The molecule has 1 heterocycles. The highest BCUT2D eigenvalue weighted by atomic mass is 16.3. The number of carbonyl (C=O) groups excluding carboxylic acids is 1. The number of rotatable bonds is 4. The van der Waals surface area contributed by atoms with Gasteiger partial charge in [-0.3, -0.25) is 4.79 Å². The number of benzene rings is 1. The molecule has 0 radical (unpaired) electrons. The van der Waals surface area contributed by atoms with Gasteiger partial charge in [-0.15, -0.1) is 0 Å². The molecule has 110 valence electrons. The fourth-order valence-electron chi connectivity index (χ4n) is 2.57. The number of nitrogens with one attached hydrogen (secondary N) is 1. The largest absolute Gasteiger partial charge is 0.388 e. The minimum Gasteiger partial charge on any atom is -0.388 e. The molecule has 0 bridgehead atoms. The third kappa shape index (κ3) is 3.51. The quantitative estimate of drug-likeness (QED) is 0.886. The summed E-state index contributed by atoms with van der Waals surface area (Å²) < 4.78 is 0. The maximum atomic E-state index is 12.1. The highest BCUT2D eigenvalue weighted by Crippen LogP contribution is 2.32. The van der Waals surface area contributed by atoms with Gasteiger partial charge in [-0.2, -0.15) is 0 Å². The van der Waals surface area contributed by atoms with E-state index in [1.165, 1.54) is 0 Å². The van der Waals surface area contributed by atoms with Gasteiger partial charge >= 0.3 is 0 Å². The van der Waals surface area contributed by atoms with Crippen LogP contribution in [0.25, 0.3) is 0 Å². The summed E-state index contributed by atoms with van der Waals surface area (Å²) in [6.45, 7) is 5.23. The lowest BCUT2D eigenvalue weighted by atomic mass is 10.0. The first-order chi connectivity index (χ1) is 9.61. The van der Waals surface area contributed by atoms with Gasteiger partial charge in [-0.05, 0) is 32.3 Å². The summed E-state index contributed by atoms with van der Waals surface area (Å²) in [4.78, 5) is 14.1. The Balaban J connectivity index is 2.11. The molecule has 0 spiro atoms. The zero-order chi connectivity index (χ0) is 14.5. The molecule has 2 unspecified atom stereocenters. The SMILES string of the molecule is CCC(C)NC(=O)CN1CCCC(O)c2ccccc21. The number of aliphatic hydroxyl groups is 1. The number of fused-ring (bicyclic) bond motifs is 1. The Hall–Kier alpha value is -1.55. The summed E-state index contributed by atoms with van der Waals surface area (Å²) in [5.74, 6) is 0.0468. The monoisotopic (exact) mass is 276 g/mol. The normalized spacial score (nSPS) is 19.9. The number of hydrogen-bond donors (Lipinski definition) is 2. The second kappa shape index (κ2) is 6.75. The van der Waals surface area contributed by atoms with Crippen molar-refractivity contribution >= 4 is 11.6 Å². The molecule has 1 aromatic rings. The summed E-state index contributed by atoms with van der Waals surface area (Å²) >= 11 is 0. The molecule has 0 saturated carbocycles. The lowest BCUT2D eigenvalue weighted by Crippen LogP contribution is -2.41. The van der Waals surface area contributed by atoms with E-state index in [-0.39, 0.29) is 11.9 Å². The van der Waals surface area contributed by atoms with Gasteiger partial charge in [0.05, 0.1) is 12.6 Å². The first-order valence-electron chi connectivity index (χ1n) is 7.43. The average molecular weight is 276 g/mol. The van der Waals surface area contributed by atoms with E-state index in [1.54, 1.807) is 0 Å². The van der Waals surface area contributed by atoms with Crippen LogP contribution in [0, 0.1) is 0 Å². The zero-order valence-electron chi connectivity index (χ0n) is 12.3. The molecule has 0 saturated heterocycles. The Labute approximate surface area is 120 Å². The third-order valence-electron chi connectivity index (χ3n) is 3.90. The Morgan fingerprint density at radius 2 is 2.25 bits per heavy atom. The van der Waals surface area contributed by atoms with Crippen LogP contribution >= 0.6 is 0 Å². The van der Waals surface area contributed by atoms with E-state index in [0.717, 1.165) is 37.1 Å². The van der Waals surface area contributed by atoms with E-state index in [9.17, 15) is 9.90 Å². The molecule has 1 aromatic carbocycles. The summed E-state index contributed by atoms with van der Waals surface area (Å²) in [5.41, 5.74) is 1.91.